The normalized spacial score (nSPS) is 14.1. The first-order valence-electron chi connectivity index (χ1n) is 7.51. The van der Waals surface area contributed by atoms with E-state index in [1.165, 1.54) is 17.0 Å². The summed E-state index contributed by atoms with van der Waals surface area (Å²) in [5.74, 6) is -0.995. The fraction of sp³-hybridized carbons (Fsp3) is 0.176. The number of nitrogens with one attached hydrogen (secondary N) is 1. The number of benzene rings is 2. The summed E-state index contributed by atoms with van der Waals surface area (Å²) >= 11 is 9.01. The Bertz CT molecular complexity index is 816. The van der Waals surface area contributed by atoms with Crippen LogP contribution in [0.25, 0.3) is 0 Å². The minimum absolute atomic E-state index is 0.0782. The number of carbonyl (C=O) groups excluding carboxylic acids is 2. The fourth-order valence-electron chi connectivity index (χ4n) is 2.54. The van der Waals surface area contributed by atoms with Crippen LogP contribution in [0, 0.1) is 5.82 Å². The van der Waals surface area contributed by atoms with Crippen molar-refractivity contribution in [3.63, 3.8) is 0 Å². The number of anilines is 2. The lowest BCUT2D eigenvalue weighted by molar-refractivity contribution is -0.116. The highest BCUT2D eigenvalue weighted by Gasteiger charge is 2.30. The fourth-order valence-corrected chi connectivity index (χ4v) is 3.00. The van der Waals surface area contributed by atoms with E-state index in [0.717, 1.165) is 5.69 Å². The van der Waals surface area contributed by atoms with Crippen molar-refractivity contribution in [1.29, 1.82) is 0 Å². The van der Waals surface area contributed by atoms with E-state index in [-0.39, 0.29) is 18.3 Å². The van der Waals surface area contributed by atoms with Crippen molar-refractivity contribution in [2.75, 3.05) is 29.9 Å². The van der Waals surface area contributed by atoms with Crippen LogP contribution in [-0.4, -0.2) is 36.5 Å². The van der Waals surface area contributed by atoms with Crippen molar-refractivity contribution in [2.45, 2.75) is 0 Å². The van der Waals surface area contributed by atoms with Crippen LogP contribution in [0.1, 0.15) is 0 Å². The molecule has 130 valence electrons. The molecule has 1 heterocycles. The monoisotopic (exact) mass is 425 g/mol. The number of hydrogen-bond donors (Lipinski definition) is 1. The number of carbonyl (C=O) groups is 2. The van der Waals surface area contributed by atoms with E-state index in [0.29, 0.717) is 22.6 Å². The highest BCUT2D eigenvalue weighted by molar-refractivity contribution is 9.10. The molecule has 1 aliphatic heterocycles. The summed E-state index contributed by atoms with van der Waals surface area (Å²) < 4.78 is 14.4. The van der Waals surface area contributed by atoms with Crippen LogP contribution in [0.5, 0.6) is 0 Å². The highest BCUT2D eigenvalue weighted by atomic mass is 79.9. The maximum Gasteiger partial charge on any atom is 0.325 e. The molecule has 8 heteroatoms. The molecular weight excluding hydrogens is 413 g/mol. The molecule has 1 aliphatic rings. The Hall–Kier alpha value is -2.12. The predicted molar refractivity (Wildman–Crippen MR) is 98.5 cm³/mol. The zero-order valence-corrected chi connectivity index (χ0v) is 15.3. The van der Waals surface area contributed by atoms with Crippen molar-refractivity contribution >= 4 is 50.8 Å². The summed E-state index contributed by atoms with van der Waals surface area (Å²) in [6.45, 7) is 0.747. The van der Waals surface area contributed by atoms with E-state index in [1.54, 1.807) is 35.2 Å². The Labute approximate surface area is 157 Å². The SMILES string of the molecule is O=C(CN1CCN(c2ccc(Cl)cc2)C1=O)Nc1ccc(Br)cc1F. The van der Waals surface area contributed by atoms with Crippen LogP contribution in [0.3, 0.4) is 0 Å². The lowest BCUT2D eigenvalue weighted by atomic mass is 10.3. The molecule has 0 unspecified atom stereocenters. The summed E-state index contributed by atoms with van der Waals surface area (Å²) in [4.78, 5) is 27.6. The van der Waals surface area contributed by atoms with Gasteiger partial charge in [0.05, 0.1) is 5.69 Å². The molecule has 1 N–H and O–H groups in total. The summed E-state index contributed by atoms with van der Waals surface area (Å²) in [6.07, 6.45) is 0. The minimum atomic E-state index is -0.543. The van der Waals surface area contributed by atoms with Gasteiger partial charge in [-0.15, -0.1) is 0 Å². The van der Waals surface area contributed by atoms with Crippen LogP contribution in [0.4, 0.5) is 20.6 Å². The molecule has 0 atom stereocenters. The molecule has 1 saturated heterocycles. The van der Waals surface area contributed by atoms with Gasteiger partial charge in [0.25, 0.3) is 0 Å². The average Bonchev–Trinajstić information content (AvgIpc) is 2.92. The summed E-state index contributed by atoms with van der Waals surface area (Å²) in [7, 11) is 0. The molecule has 5 nitrogen and oxygen atoms in total. The minimum Gasteiger partial charge on any atom is -0.322 e. The lowest BCUT2D eigenvalue weighted by Gasteiger charge is -2.18. The van der Waals surface area contributed by atoms with Crippen molar-refractivity contribution in [3.05, 3.63) is 57.8 Å². The number of rotatable bonds is 4. The average molecular weight is 427 g/mol. The number of nitrogens with zero attached hydrogens (tertiary/aromatic N) is 2. The molecular formula is C17H14BrClFN3O2. The van der Waals surface area contributed by atoms with Gasteiger partial charge >= 0.3 is 6.03 Å². The number of halogens is 3. The second-order valence-electron chi connectivity index (χ2n) is 5.50. The molecule has 3 rings (SSSR count). The first-order chi connectivity index (χ1) is 11.9. The summed E-state index contributed by atoms with van der Waals surface area (Å²) in [6, 6.07) is 11.0. The van der Waals surface area contributed by atoms with E-state index in [2.05, 4.69) is 21.2 Å². The van der Waals surface area contributed by atoms with Crippen molar-refractivity contribution in [1.82, 2.24) is 4.90 Å². The second kappa shape index (κ2) is 7.41. The van der Waals surface area contributed by atoms with Crippen LogP contribution >= 0.6 is 27.5 Å². The third kappa shape index (κ3) is 4.11. The molecule has 0 aromatic heterocycles. The first kappa shape index (κ1) is 17.7. The first-order valence-corrected chi connectivity index (χ1v) is 8.68. The van der Waals surface area contributed by atoms with E-state index in [9.17, 15) is 14.0 Å². The predicted octanol–water partition coefficient (Wildman–Crippen LogP) is 4.12. The molecule has 0 saturated carbocycles. The second-order valence-corrected chi connectivity index (χ2v) is 6.86. The number of amides is 3. The molecule has 3 amide bonds. The molecule has 25 heavy (non-hydrogen) atoms. The van der Waals surface area contributed by atoms with E-state index >= 15 is 0 Å². The molecule has 2 aromatic carbocycles. The van der Waals surface area contributed by atoms with E-state index in [4.69, 9.17) is 11.6 Å². The summed E-state index contributed by atoms with van der Waals surface area (Å²) in [5, 5.41) is 3.07. The molecule has 0 radical (unpaired) electrons. The Kier molecular flexibility index (Phi) is 5.24. The number of urea groups is 1. The molecule has 0 aliphatic carbocycles. The van der Waals surface area contributed by atoms with Crippen molar-refractivity contribution < 1.29 is 14.0 Å². The van der Waals surface area contributed by atoms with Crippen LogP contribution in [0.15, 0.2) is 46.9 Å². The van der Waals surface area contributed by atoms with Gasteiger partial charge in [0, 0.05) is 28.3 Å². The van der Waals surface area contributed by atoms with E-state index < -0.39 is 11.7 Å². The zero-order chi connectivity index (χ0) is 18.0. The highest BCUT2D eigenvalue weighted by Crippen LogP contribution is 2.23. The number of hydrogen-bond acceptors (Lipinski definition) is 2. The third-order valence-corrected chi connectivity index (χ3v) is 4.52. The van der Waals surface area contributed by atoms with Crippen LogP contribution in [-0.2, 0) is 4.79 Å². The van der Waals surface area contributed by atoms with Crippen molar-refractivity contribution in [2.24, 2.45) is 0 Å². The Balaban J connectivity index is 1.62. The lowest BCUT2D eigenvalue weighted by Crippen LogP contribution is -2.37. The van der Waals surface area contributed by atoms with Gasteiger partial charge in [-0.25, -0.2) is 9.18 Å². The van der Waals surface area contributed by atoms with Crippen LogP contribution in [0.2, 0.25) is 5.02 Å². The van der Waals surface area contributed by atoms with Gasteiger partial charge in [-0.1, -0.05) is 27.5 Å². The van der Waals surface area contributed by atoms with Gasteiger partial charge in [0.15, 0.2) is 0 Å². The third-order valence-electron chi connectivity index (χ3n) is 3.77. The largest absolute Gasteiger partial charge is 0.325 e. The molecule has 2 aromatic rings. The van der Waals surface area contributed by atoms with Gasteiger partial charge in [0.1, 0.15) is 12.4 Å². The molecule has 1 fully saturated rings. The topological polar surface area (TPSA) is 52.7 Å². The van der Waals surface area contributed by atoms with Gasteiger partial charge in [-0.3, -0.25) is 9.69 Å². The summed E-state index contributed by atoms with van der Waals surface area (Å²) in [5.41, 5.74) is 0.797. The quantitative estimate of drug-likeness (QED) is 0.799. The Morgan fingerprint density at radius 2 is 1.92 bits per heavy atom. The van der Waals surface area contributed by atoms with Crippen LogP contribution < -0.4 is 10.2 Å². The Morgan fingerprint density at radius 3 is 2.60 bits per heavy atom. The van der Waals surface area contributed by atoms with Gasteiger partial charge in [-0.05, 0) is 42.5 Å². The standard InChI is InChI=1S/C17H14BrClFN3O2/c18-11-1-6-15(14(20)9-11)21-16(24)10-22-7-8-23(17(22)25)13-4-2-12(19)3-5-13/h1-6,9H,7-8,10H2,(H,21,24). The van der Waals surface area contributed by atoms with Gasteiger partial charge in [0.2, 0.25) is 5.91 Å². The molecule has 0 spiro atoms. The van der Waals surface area contributed by atoms with Gasteiger partial charge < -0.3 is 10.2 Å². The van der Waals surface area contributed by atoms with E-state index in [1.807, 2.05) is 0 Å². The van der Waals surface area contributed by atoms with Gasteiger partial charge in [-0.2, -0.15) is 0 Å². The Morgan fingerprint density at radius 1 is 1.20 bits per heavy atom. The van der Waals surface area contributed by atoms with Crippen molar-refractivity contribution in [3.8, 4) is 0 Å². The maximum absolute atomic E-state index is 13.8. The molecule has 0 bridgehead atoms. The zero-order valence-electron chi connectivity index (χ0n) is 13.0. The maximum atomic E-state index is 13.8. The smallest absolute Gasteiger partial charge is 0.322 e.